The van der Waals surface area contributed by atoms with E-state index in [2.05, 4.69) is 172 Å². The zero-order valence-corrected chi connectivity index (χ0v) is 31.4. The molecule has 0 atom stereocenters. The number of hydrogen-bond acceptors (Lipinski definition) is 4. The minimum Gasteiger partial charge on any atom is -0.251 e. The molecule has 54 heavy (non-hydrogen) atoms. The third-order valence-corrected chi connectivity index (χ3v) is 13.1. The van der Waals surface area contributed by atoms with Gasteiger partial charge in [-0.1, -0.05) is 91.0 Å². The summed E-state index contributed by atoms with van der Waals surface area (Å²) < 4.78 is 5.26. The first-order valence-corrected chi connectivity index (χ1v) is 19.9. The van der Waals surface area contributed by atoms with E-state index in [1.807, 2.05) is 22.7 Å². The molecule has 2 nitrogen and oxygen atoms in total. The fraction of sp³-hybridized carbons (Fsp3) is 0.0400. The number of rotatable bonds is 4. The summed E-state index contributed by atoms with van der Waals surface area (Å²) in [6.45, 7) is 4.18. The van der Waals surface area contributed by atoms with Gasteiger partial charge in [0.15, 0.2) is 0 Å². The number of pyridine rings is 2. The van der Waals surface area contributed by atoms with E-state index in [9.17, 15) is 0 Å². The van der Waals surface area contributed by atoms with E-state index in [0.29, 0.717) is 0 Å². The average molecular weight is 725 g/mol. The molecule has 0 fully saturated rings. The molecule has 0 aliphatic rings. The molecule has 11 aromatic rings. The van der Waals surface area contributed by atoms with Gasteiger partial charge in [0, 0.05) is 62.5 Å². The van der Waals surface area contributed by atoms with Crippen LogP contribution in [0.15, 0.2) is 158 Å². The highest BCUT2D eigenvalue weighted by atomic mass is 32.1. The normalized spacial score (nSPS) is 11.9. The van der Waals surface area contributed by atoms with Crippen molar-refractivity contribution in [2.24, 2.45) is 0 Å². The van der Waals surface area contributed by atoms with Crippen LogP contribution in [0, 0.1) is 13.8 Å². The lowest BCUT2D eigenvalue weighted by Crippen LogP contribution is -1.95. The van der Waals surface area contributed by atoms with Crippen molar-refractivity contribution in [3.63, 3.8) is 0 Å². The summed E-state index contributed by atoms with van der Waals surface area (Å²) in [5, 5.41) is 7.45. The van der Waals surface area contributed by atoms with Crippen LogP contribution in [0.25, 0.3) is 107 Å². The second-order valence-electron chi connectivity index (χ2n) is 14.3. The standard InChI is InChI=1S/C50H32N2S2/c1-29-22-41(31-10-4-3-5-11-31)39-18-19-40-42(23-30(2)52-50(40)49(39)51-29)36-25-34(32-16-20-47-43(27-32)37-12-6-8-14-45(37)53-47)24-35(26-36)33-17-21-48-44(28-33)38-13-7-9-15-46(38)54-48/h3-28H,1-2H3. The largest absolute Gasteiger partial charge is 0.251 e. The van der Waals surface area contributed by atoms with Crippen LogP contribution in [-0.2, 0) is 0 Å². The highest BCUT2D eigenvalue weighted by Crippen LogP contribution is 2.43. The SMILES string of the molecule is Cc1cc(-c2ccccc2)c2ccc3c(-c4cc(-c5ccc6sc7ccccc7c6c5)cc(-c5ccc6sc7ccccc7c6c5)c4)cc(C)nc3c2n1. The first kappa shape index (κ1) is 31.3. The minimum absolute atomic E-state index is 0.938. The Kier molecular flexibility index (Phi) is 7.06. The number of aryl methyl sites for hydroxylation is 2. The van der Waals surface area contributed by atoms with E-state index in [1.54, 1.807) is 0 Å². The Bertz CT molecular complexity index is 3170. The van der Waals surface area contributed by atoms with Gasteiger partial charge in [0.05, 0.1) is 11.0 Å². The molecule has 0 saturated heterocycles. The zero-order valence-electron chi connectivity index (χ0n) is 29.7. The molecule has 0 amide bonds. The smallest absolute Gasteiger partial charge is 0.0974 e. The molecular formula is C50H32N2S2. The molecular weight excluding hydrogens is 693 g/mol. The maximum Gasteiger partial charge on any atom is 0.0974 e. The molecule has 0 aliphatic heterocycles. The van der Waals surface area contributed by atoms with E-state index in [-0.39, 0.29) is 0 Å². The first-order valence-electron chi connectivity index (χ1n) is 18.3. The van der Waals surface area contributed by atoms with Gasteiger partial charge in [-0.25, -0.2) is 0 Å². The van der Waals surface area contributed by atoms with Gasteiger partial charge in [0.25, 0.3) is 0 Å². The van der Waals surface area contributed by atoms with Gasteiger partial charge >= 0.3 is 0 Å². The lowest BCUT2D eigenvalue weighted by atomic mass is 9.90. The third kappa shape index (κ3) is 5.06. The number of nitrogens with zero attached hydrogens (tertiary/aromatic N) is 2. The van der Waals surface area contributed by atoms with Crippen LogP contribution in [0.2, 0.25) is 0 Å². The summed E-state index contributed by atoms with van der Waals surface area (Å²) in [5.74, 6) is 0. The van der Waals surface area contributed by atoms with Crippen LogP contribution in [-0.4, -0.2) is 9.97 Å². The Labute approximate surface area is 320 Å². The van der Waals surface area contributed by atoms with Crippen molar-refractivity contribution in [3.05, 3.63) is 169 Å². The van der Waals surface area contributed by atoms with Gasteiger partial charge in [-0.2, -0.15) is 0 Å². The molecule has 0 spiro atoms. The molecule has 4 heterocycles. The summed E-state index contributed by atoms with van der Waals surface area (Å²) in [5.41, 5.74) is 13.3. The van der Waals surface area contributed by atoms with E-state index in [1.165, 1.54) is 79.3 Å². The average Bonchev–Trinajstić information content (AvgIpc) is 3.78. The molecule has 11 rings (SSSR count). The van der Waals surface area contributed by atoms with Crippen molar-refractivity contribution in [1.29, 1.82) is 0 Å². The first-order chi connectivity index (χ1) is 26.5. The quantitative estimate of drug-likeness (QED) is 0.169. The zero-order chi connectivity index (χ0) is 35.9. The Morgan fingerprint density at radius 1 is 0.315 bits per heavy atom. The van der Waals surface area contributed by atoms with Crippen molar-refractivity contribution in [1.82, 2.24) is 9.97 Å². The van der Waals surface area contributed by atoms with Crippen LogP contribution in [0.1, 0.15) is 11.4 Å². The van der Waals surface area contributed by atoms with Gasteiger partial charge in [0.2, 0.25) is 0 Å². The number of hydrogen-bond donors (Lipinski definition) is 0. The molecule has 0 N–H and O–H groups in total. The summed E-state index contributed by atoms with van der Waals surface area (Å²) >= 11 is 3.72. The fourth-order valence-electron chi connectivity index (χ4n) is 8.25. The third-order valence-electron chi connectivity index (χ3n) is 10.8. The van der Waals surface area contributed by atoms with Crippen molar-refractivity contribution in [3.8, 4) is 44.5 Å². The van der Waals surface area contributed by atoms with Crippen molar-refractivity contribution >= 4 is 84.8 Å². The molecule has 254 valence electrons. The van der Waals surface area contributed by atoms with Gasteiger partial charge in [-0.05, 0) is 125 Å². The summed E-state index contributed by atoms with van der Waals surface area (Å²) in [4.78, 5) is 10.3. The molecule has 4 heteroatoms. The number of aromatic nitrogens is 2. The van der Waals surface area contributed by atoms with Gasteiger partial charge < -0.3 is 0 Å². The van der Waals surface area contributed by atoms with Crippen LogP contribution in [0.3, 0.4) is 0 Å². The van der Waals surface area contributed by atoms with Crippen molar-refractivity contribution in [2.75, 3.05) is 0 Å². The summed E-state index contributed by atoms with van der Waals surface area (Å²) in [6, 6.07) is 58.1. The van der Waals surface area contributed by atoms with E-state index in [0.717, 1.165) is 38.8 Å². The van der Waals surface area contributed by atoms with Gasteiger partial charge in [-0.15, -0.1) is 22.7 Å². The second kappa shape index (κ2) is 12.2. The fourth-order valence-corrected chi connectivity index (χ4v) is 10.4. The lowest BCUT2D eigenvalue weighted by Gasteiger charge is -2.16. The predicted molar refractivity (Wildman–Crippen MR) is 234 cm³/mol. The van der Waals surface area contributed by atoms with Crippen molar-refractivity contribution < 1.29 is 0 Å². The maximum atomic E-state index is 5.18. The Hall–Kier alpha value is -6.20. The highest BCUT2D eigenvalue weighted by molar-refractivity contribution is 7.26. The predicted octanol–water partition coefficient (Wildman–Crippen LogP) is 14.8. The monoisotopic (exact) mass is 724 g/mol. The Morgan fingerprint density at radius 3 is 1.30 bits per heavy atom. The second-order valence-corrected chi connectivity index (χ2v) is 16.4. The van der Waals surface area contributed by atoms with E-state index in [4.69, 9.17) is 9.97 Å². The molecule has 0 bridgehead atoms. The molecule has 0 aliphatic carbocycles. The number of thiophene rings is 2. The summed E-state index contributed by atoms with van der Waals surface area (Å²) in [7, 11) is 0. The van der Waals surface area contributed by atoms with Gasteiger partial charge in [-0.3, -0.25) is 9.97 Å². The topological polar surface area (TPSA) is 25.8 Å². The molecule has 0 radical (unpaired) electrons. The molecule has 0 unspecified atom stereocenters. The number of benzene rings is 7. The minimum atomic E-state index is 0.938. The maximum absolute atomic E-state index is 5.18. The number of fused-ring (bicyclic) bond motifs is 9. The van der Waals surface area contributed by atoms with Gasteiger partial charge in [0.1, 0.15) is 0 Å². The van der Waals surface area contributed by atoms with Crippen LogP contribution >= 0.6 is 22.7 Å². The van der Waals surface area contributed by atoms with E-state index >= 15 is 0 Å². The highest BCUT2D eigenvalue weighted by Gasteiger charge is 2.17. The van der Waals surface area contributed by atoms with Crippen LogP contribution in [0.4, 0.5) is 0 Å². The Balaban J connectivity index is 1.17. The van der Waals surface area contributed by atoms with Crippen LogP contribution < -0.4 is 0 Å². The molecule has 7 aromatic carbocycles. The molecule has 0 saturated carbocycles. The molecule has 4 aromatic heterocycles. The lowest BCUT2D eigenvalue weighted by molar-refractivity contribution is 1.23. The van der Waals surface area contributed by atoms with E-state index < -0.39 is 0 Å². The van der Waals surface area contributed by atoms with Crippen LogP contribution in [0.5, 0.6) is 0 Å². The Morgan fingerprint density at radius 2 is 0.759 bits per heavy atom. The van der Waals surface area contributed by atoms with Crippen molar-refractivity contribution in [2.45, 2.75) is 13.8 Å². The summed E-state index contributed by atoms with van der Waals surface area (Å²) in [6.07, 6.45) is 0.